The van der Waals surface area contributed by atoms with Crippen molar-refractivity contribution in [2.45, 2.75) is 38.0 Å². The summed E-state index contributed by atoms with van der Waals surface area (Å²) in [7, 11) is 0. The molecular weight excluding hydrogens is 250 g/mol. The van der Waals surface area contributed by atoms with E-state index < -0.39 is 0 Å². The van der Waals surface area contributed by atoms with Gasteiger partial charge in [-0.15, -0.1) is 11.3 Å². The average molecular weight is 267 g/mol. The summed E-state index contributed by atoms with van der Waals surface area (Å²) in [5.74, 6) is 0.939. The van der Waals surface area contributed by atoms with Crippen LogP contribution in [-0.2, 0) is 13.0 Å². The summed E-state index contributed by atoms with van der Waals surface area (Å²) in [5.41, 5.74) is 0. The van der Waals surface area contributed by atoms with Crippen LogP contribution in [0.5, 0.6) is 0 Å². The molecule has 3 nitrogen and oxygen atoms in total. The Morgan fingerprint density at radius 3 is 3.06 bits per heavy atom. The molecule has 1 unspecified atom stereocenters. The highest BCUT2D eigenvalue weighted by Gasteiger charge is 2.35. The van der Waals surface area contributed by atoms with E-state index in [1.807, 2.05) is 18.0 Å². The van der Waals surface area contributed by atoms with Crippen molar-refractivity contribution in [3.05, 3.63) is 16.1 Å². The standard InChI is InChI=1S/C12H17N3S2/c1-2-9-5-13-11(16-9)7-15-12-14-6-10(17-12)8-3-4-8/h5,8,10H,2-4,6-7H2,1H3,(H,14,15). The van der Waals surface area contributed by atoms with Crippen LogP contribution in [0.15, 0.2) is 11.2 Å². The van der Waals surface area contributed by atoms with Crippen LogP contribution in [0.1, 0.15) is 29.7 Å². The van der Waals surface area contributed by atoms with Gasteiger partial charge < -0.3 is 5.32 Å². The lowest BCUT2D eigenvalue weighted by Gasteiger charge is -2.06. The first kappa shape index (κ1) is 11.5. The molecule has 2 heterocycles. The van der Waals surface area contributed by atoms with Crippen molar-refractivity contribution in [3.8, 4) is 0 Å². The monoisotopic (exact) mass is 267 g/mol. The molecule has 1 aromatic heterocycles. The lowest BCUT2D eigenvalue weighted by molar-refractivity contribution is 0.772. The number of amidine groups is 1. The lowest BCUT2D eigenvalue weighted by atomic mass is 10.3. The zero-order valence-corrected chi connectivity index (χ0v) is 11.6. The summed E-state index contributed by atoms with van der Waals surface area (Å²) in [6, 6.07) is 0. The number of rotatable bonds is 4. The van der Waals surface area contributed by atoms with Gasteiger partial charge in [-0.25, -0.2) is 4.98 Å². The Balaban J connectivity index is 1.48. The third-order valence-electron chi connectivity index (χ3n) is 3.17. The van der Waals surface area contributed by atoms with Crippen molar-refractivity contribution in [2.75, 3.05) is 6.54 Å². The van der Waals surface area contributed by atoms with Gasteiger partial charge in [0.1, 0.15) is 5.01 Å². The fourth-order valence-corrected chi connectivity index (χ4v) is 3.95. The van der Waals surface area contributed by atoms with E-state index in [2.05, 4.69) is 22.2 Å². The third-order valence-corrected chi connectivity index (χ3v) is 5.64. The number of nitrogens with zero attached hydrogens (tertiary/aromatic N) is 2. The summed E-state index contributed by atoms with van der Waals surface area (Å²) < 4.78 is 0. The van der Waals surface area contributed by atoms with Gasteiger partial charge in [-0.05, 0) is 25.2 Å². The van der Waals surface area contributed by atoms with Gasteiger partial charge in [0.25, 0.3) is 0 Å². The van der Waals surface area contributed by atoms with Crippen LogP contribution >= 0.6 is 23.1 Å². The van der Waals surface area contributed by atoms with Gasteiger partial charge in [0.15, 0.2) is 5.17 Å². The maximum absolute atomic E-state index is 4.57. The minimum Gasteiger partial charge on any atom is -0.358 e. The summed E-state index contributed by atoms with van der Waals surface area (Å²) in [6.07, 6.45) is 5.88. The van der Waals surface area contributed by atoms with Crippen LogP contribution in [0.3, 0.4) is 0 Å². The summed E-state index contributed by atoms with van der Waals surface area (Å²) in [5, 5.41) is 6.45. The van der Waals surface area contributed by atoms with E-state index in [1.54, 1.807) is 11.3 Å². The van der Waals surface area contributed by atoms with E-state index in [1.165, 1.54) is 22.7 Å². The molecule has 1 aromatic rings. The zero-order valence-electron chi connectivity index (χ0n) is 9.98. The van der Waals surface area contributed by atoms with Crippen LogP contribution < -0.4 is 5.32 Å². The van der Waals surface area contributed by atoms with Gasteiger partial charge in [-0.2, -0.15) is 0 Å². The number of aliphatic imine (C=N–C) groups is 1. The van der Waals surface area contributed by atoms with Crippen molar-refractivity contribution in [2.24, 2.45) is 10.9 Å². The second kappa shape index (κ2) is 4.98. The van der Waals surface area contributed by atoms with Gasteiger partial charge in [0.2, 0.25) is 0 Å². The predicted octanol–water partition coefficient (Wildman–Crippen LogP) is 2.68. The van der Waals surface area contributed by atoms with Gasteiger partial charge >= 0.3 is 0 Å². The number of hydrogen-bond acceptors (Lipinski definition) is 5. The predicted molar refractivity (Wildman–Crippen MR) is 74.7 cm³/mol. The van der Waals surface area contributed by atoms with E-state index in [0.29, 0.717) is 0 Å². The highest BCUT2D eigenvalue weighted by molar-refractivity contribution is 8.14. The molecule has 3 rings (SSSR count). The average Bonchev–Trinajstić information content (AvgIpc) is 2.93. The largest absolute Gasteiger partial charge is 0.358 e. The van der Waals surface area contributed by atoms with Gasteiger partial charge in [0.05, 0.1) is 13.1 Å². The first-order valence-electron chi connectivity index (χ1n) is 6.23. The van der Waals surface area contributed by atoms with E-state index >= 15 is 0 Å². The number of nitrogens with one attached hydrogen (secondary N) is 1. The quantitative estimate of drug-likeness (QED) is 0.911. The molecule has 1 saturated carbocycles. The number of thioether (sulfide) groups is 1. The normalized spacial score (nSPS) is 23.8. The van der Waals surface area contributed by atoms with Crippen molar-refractivity contribution in [3.63, 3.8) is 0 Å². The van der Waals surface area contributed by atoms with Gasteiger partial charge in [0, 0.05) is 16.3 Å². The Morgan fingerprint density at radius 2 is 2.35 bits per heavy atom. The van der Waals surface area contributed by atoms with E-state index in [9.17, 15) is 0 Å². The van der Waals surface area contributed by atoms with Crippen LogP contribution in [0.2, 0.25) is 0 Å². The van der Waals surface area contributed by atoms with Crippen molar-refractivity contribution in [1.29, 1.82) is 0 Å². The molecule has 1 aliphatic carbocycles. The van der Waals surface area contributed by atoms with Crippen LogP contribution in [0.25, 0.3) is 0 Å². The minimum atomic E-state index is 0.750. The first-order chi connectivity index (χ1) is 8.35. The molecule has 17 heavy (non-hydrogen) atoms. The second-order valence-corrected chi connectivity index (χ2v) is 6.99. The molecule has 0 bridgehead atoms. The summed E-state index contributed by atoms with van der Waals surface area (Å²) in [4.78, 5) is 10.3. The zero-order chi connectivity index (χ0) is 11.7. The second-order valence-electron chi connectivity index (χ2n) is 4.57. The smallest absolute Gasteiger partial charge is 0.157 e. The third kappa shape index (κ3) is 2.83. The molecule has 0 saturated heterocycles. The number of aryl methyl sites for hydroxylation is 1. The Kier molecular flexibility index (Phi) is 3.38. The van der Waals surface area contributed by atoms with E-state index in [0.717, 1.165) is 35.8 Å². The Labute approximate surface area is 110 Å². The summed E-state index contributed by atoms with van der Waals surface area (Å²) >= 11 is 3.73. The van der Waals surface area contributed by atoms with Crippen molar-refractivity contribution < 1.29 is 0 Å². The van der Waals surface area contributed by atoms with Crippen LogP contribution in [0, 0.1) is 5.92 Å². The van der Waals surface area contributed by atoms with E-state index in [4.69, 9.17) is 0 Å². The molecule has 1 N–H and O–H groups in total. The van der Waals surface area contributed by atoms with Crippen molar-refractivity contribution >= 4 is 28.3 Å². The number of hydrogen-bond donors (Lipinski definition) is 1. The SMILES string of the molecule is CCc1cnc(CNC2=NCC(C3CC3)S2)s1. The number of aromatic nitrogens is 1. The van der Waals surface area contributed by atoms with Crippen LogP contribution in [-0.4, -0.2) is 21.9 Å². The maximum Gasteiger partial charge on any atom is 0.157 e. The molecule has 0 aromatic carbocycles. The van der Waals surface area contributed by atoms with Gasteiger partial charge in [-0.3, -0.25) is 4.99 Å². The number of thiazole rings is 1. The molecule has 0 radical (unpaired) electrons. The lowest BCUT2D eigenvalue weighted by Crippen LogP contribution is -2.19. The molecule has 2 aliphatic rings. The minimum absolute atomic E-state index is 0.750. The molecule has 1 aliphatic heterocycles. The Bertz CT molecular complexity index is 423. The molecule has 1 atom stereocenters. The molecular formula is C12H17N3S2. The first-order valence-corrected chi connectivity index (χ1v) is 7.93. The molecule has 0 spiro atoms. The van der Waals surface area contributed by atoms with Crippen molar-refractivity contribution in [1.82, 2.24) is 10.3 Å². The summed E-state index contributed by atoms with van der Waals surface area (Å²) in [6.45, 7) is 4.01. The van der Waals surface area contributed by atoms with Gasteiger partial charge in [-0.1, -0.05) is 18.7 Å². The van der Waals surface area contributed by atoms with Crippen LogP contribution in [0.4, 0.5) is 0 Å². The molecule has 0 amide bonds. The fourth-order valence-electron chi connectivity index (χ4n) is 1.95. The Hall–Kier alpha value is -0.550. The highest BCUT2D eigenvalue weighted by atomic mass is 32.2. The molecule has 92 valence electrons. The molecule has 1 fully saturated rings. The highest BCUT2D eigenvalue weighted by Crippen LogP contribution is 2.41. The molecule has 5 heteroatoms. The fraction of sp³-hybridized carbons (Fsp3) is 0.667. The topological polar surface area (TPSA) is 37.3 Å². The maximum atomic E-state index is 4.57. The Morgan fingerprint density at radius 1 is 1.47 bits per heavy atom. The van der Waals surface area contributed by atoms with E-state index in [-0.39, 0.29) is 0 Å².